The topological polar surface area (TPSA) is 59.1 Å². The van der Waals surface area contributed by atoms with Gasteiger partial charge in [-0.05, 0) is 19.2 Å². The number of carbonyl (C=O) groups excluding carboxylic acids is 2. The summed E-state index contributed by atoms with van der Waals surface area (Å²) >= 11 is 0. The summed E-state index contributed by atoms with van der Waals surface area (Å²) in [7, 11) is 2.04. The van der Waals surface area contributed by atoms with Crippen LogP contribution in [0.3, 0.4) is 0 Å². The predicted octanol–water partition coefficient (Wildman–Crippen LogP) is 0.346. The SMILES string of the molecule is CN1CCN(NC(=O)CN2CCN(c3ccccc3F)C2=O)CC1. The summed E-state index contributed by atoms with van der Waals surface area (Å²) in [6.45, 7) is 4.07. The average molecular weight is 335 g/mol. The van der Waals surface area contributed by atoms with E-state index in [9.17, 15) is 14.0 Å². The van der Waals surface area contributed by atoms with E-state index in [-0.39, 0.29) is 24.2 Å². The number of piperazine rings is 1. The number of carbonyl (C=O) groups is 2. The number of nitrogens with zero attached hydrogens (tertiary/aromatic N) is 4. The Bertz CT molecular complexity index is 618. The van der Waals surface area contributed by atoms with Gasteiger partial charge in [0.05, 0.1) is 5.69 Å². The first-order valence-corrected chi connectivity index (χ1v) is 8.08. The molecule has 0 radical (unpaired) electrons. The zero-order chi connectivity index (χ0) is 17.1. The van der Waals surface area contributed by atoms with Crippen LogP contribution in [-0.2, 0) is 4.79 Å². The van der Waals surface area contributed by atoms with E-state index in [1.54, 1.807) is 18.2 Å². The lowest BCUT2D eigenvalue weighted by molar-refractivity contribution is -0.127. The maximum absolute atomic E-state index is 13.8. The molecule has 2 aliphatic heterocycles. The van der Waals surface area contributed by atoms with Gasteiger partial charge in [-0.1, -0.05) is 12.1 Å². The monoisotopic (exact) mass is 335 g/mol. The first kappa shape index (κ1) is 16.7. The summed E-state index contributed by atoms with van der Waals surface area (Å²) in [5.41, 5.74) is 3.09. The highest BCUT2D eigenvalue weighted by Gasteiger charge is 2.32. The van der Waals surface area contributed by atoms with Crippen molar-refractivity contribution in [2.24, 2.45) is 0 Å². The molecule has 24 heavy (non-hydrogen) atoms. The van der Waals surface area contributed by atoms with Crippen molar-refractivity contribution in [2.45, 2.75) is 0 Å². The van der Waals surface area contributed by atoms with E-state index in [0.29, 0.717) is 13.1 Å². The van der Waals surface area contributed by atoms with Crippen LogP contribution >= 0.6 is 0 Å². The predicted molar refractivity (Wildman–Crippen MR) is 87.9 cm³/mol. The van der Waals surface area contributed by atoms with Gasteiger partial charge < -0.3 is 9.80 Å². The largest absolute Gasteiger partial charge is 0.325 e. The Hall–Kier alpha value is -2.19. The number of anilines is 1. The summed E-state index contributed by atoms with van der Waals surface area (Å²) in [5.74, 6) is -0.655. The molecule has 3 rings (SSSR count). The minimum atomic E-state index is -0.436. The molecule has 130 valence electrons. The van der Waals surface area contributed by atoms with Crippen molar-refractivity contribution in [3.05, 3.63) is 30.1 Å². The van der Waals surface area contributed by atoms with E-state index in [2.05, 4.69) is 10.3 Å². The maximum Gasteiger partial charge on any atom is 0.325 e. The average Bonchev–Trinajstić information content (AvgIpc) is 2.91. The molecule has 0 spiro atoms. The third-order valence-corrected chi connectivity index (χ3v) is 4.36. The zero-order valence-electron chi connectivity index (χ0n) is 13.7. The molecule has 0 atom stereocenters. The van der Waals surface area contributed by atoms with Crippen LogP contribution in [0.5, 0.6) is 0 Å². The molecule has 2 heterocycles. The minimum absolute atomic E-state index is 0.0177. The normalized spacial score (nSPS) is 19.8. The van der Waals surface area contributed by atoms with Gasteiger partial charge in [-0.3, -0.25) is 15.1 Å². The molecule has 0 bridgehead atoms. The van der Waals surface area contributed by atoms with E-state index in [1.165, 1.54) is 15.9 Å². The Morgan fingerprint density at radius 2 is 1.83 bits per heavy atom. The third kappa shape index (κ3) is 3.65. The number of hydrazine groups is 1. The fraction of sp³-hybridized carbons (Fsp3) is 0.500. The van der Waals surface area contributed by atoms with E-state index in [1.807, 2.05) is 12.1 Å². The van der Waals surface area contributed by atoms with Gasteiger partial charge in [0.15, 0.2) is 0 Å². The Morgan fingerprint density at radius 1 is 1.12 bits per heavy atom. The van der Waals surface area contributed by atoms with Crippen LogP contribution in [0, 0.1) is 5.82 Å². The second-order valence-corrected chi connectivity index (χ2v) is 6.13. The smallest absolute Gasteiger partial charge is 0.313 e. The molecule has 0 saturated carbocycles. The lowest BCUT2D eigenvalue weighted by atomic mass is 10.3. The first-order chi connectivity index (χ1) is 11.5. The standard InChI is InChI=1S/C16H22FN5O2/c1-19-6-9-21(10-7-19)18-15(23)12-20-8-11-22(16(20)24)14-5-3-2-4-13(14)17/h2-5H,6-12H2,1H3,(H,18,23). The molecule has 8 heteroatoms. The molecule has 1 N–H and O–H groups in total. The number of para-hydroxylation sites is 1. The molecule has 1 aromatic rings. The Morgan fingerprint density at radius 3 is 2.54 bits per heavy atom. The summed E-state index contributed by atoms with van der Waals surface area (Å²) in [6, 6.07) is 5.83. The number of amides is 3. The molecule has 0 unspecified atom stereocenters. The lowest BCUT2D eigenvalue weighted by Crippen LogP contribution is -2.54. The van der Waals surface area contributed by atoms with Crippen LogP contribution in [-0.4, -0.2) is 79.6 Å². The molecule has 2 aliphatic rings. The highest BCUT2D eigenvalue weighted by Crippen LogP contribution is 2.23. The van der Waals surface area contributed by atoms with Crippen molar-refractivity contribution in [2.75, 3.05) is 57.8 Å². The van der Waals surface area contributed by atoms with Gasteiger partial charge in [0.1, 0.15) is 12.4 Å². The molecule has 0 aromatic heterocycles. The molecule has 7 nitrogen and oxygen atoms in total. The number of hydrogen-bond donors (Lipinski definition) is 1. The number of benzene rings is 1. The second kappa shape index (κ2) is 7.14. The van der Waals surface area contributed by atoms with E-state index < -0.39 is 5.82 Å². The molecule has 3 amide bonds. The van der Waals surface area contributed by atoms with Crippen LogP contribution in [0.2, 0.25) is 0 Å². The van der Waals surface area contributed by atoms with Gasteiger partial charge in [0.2, 0.25) is 0 Å². The van der Waals surface area contributed by atoms with E-state index in [0.717, 1.165) is 26.2 Å². The van der Waals surface area contributed by atoms with Crippen molar-refractivity contribution in [1.29, 1.82) is 0 Å². The van der Waals surface area contributed by atoms with E-state index in [4.69, 9.17) is 0 Å². The highest BCUT2D eigenvalue weighted by molar-refractivity contribution is 5.96. The Labute approximate surface area is 140 Å². The maximum atomic E-state index is 13.8. The highest BCUT2D eigenvalue weighted by atomic mass is 19.1. The number of rotatable bonds is 4. The number of nitrogens with one attached hydrogen (secondary N) is 1. The molecular weight excluding hydrogens is 313 g/mol. The minimum Gasteiger partial charge on any atom is -0.313 e. The van der Waals surface area contributed by atoms with Crippen LogP contribution in [0.25, 0.3) is 0 Å². The summed E-state index contributed by atoms with van der Waals surface area (Å²) in [4.78, 5) is 29.6. The first-order valence-electron chi connectivity index (χ1n) is 8.08. The zero-order valence-corrected chi connectivity index (χ0v) is 13.7. The van der Waals surface area contributed by atoms with Gasteiger partial charge in [0.25, 0.3) is 5.91 Å². The quantitative estimate of drug-likeness (QED) is 0.862. The Balaban J connectivity index is 1.54. The van der Waals surface area contributed by atoms with Crippen molar-refractivity contribution >= 4 is 17.6 Å². The van der Waals surface area contributed by atoms with Crippen molar-refractivity contribution in [3.8, 4) is 0 Å². The summed E-state index contributed by atoms with van der Waals surface area (Å²) < 4.78 is 13.8. The Kier molecular flexibility index (Phi) is 4.96. The third-order valence-electron chi connectivity index (χ3n) is 4.36. The lowest BCUT2D eigenvalue weighted by Gasteiger charge is -2.32. The second-order valence-electron chi connectivity index (χ2n) is 6.13. The van der Waals surface area contributed by atoms with Crippen LogP contribution < -0.4 is 10.3 Å². The van der Waals surface area contributed by atoms with Crippen LogP contribution in [0.4, 0.5) is 14.9 Å². The molecule has 2 saturated heterocycles. The summed E-state index contributed by atoms with van der Waals surface area (Å²) in [6.07, 6.45) is 0. The van der Waals surface area contributed by atoms with Gasteiger partial charge in [-0.25, -0.2) is 14.2 Å². The van der Waals surface area contributed by atoms with Crippen molar-refractivity contribution < 1.29 is 14.0 Å². The molecule has 2 fully saturated rings. The summed E-state index contributed by atoms with van der Waals surface area (Å²) in [5, 5.41) is 1.87. The number of hydrogen-bond acceptors (Lipinski definition) is 4. The molecular formula is C16H22FN5O2. The van der Waals surface area contributed by atoms with E-state index >= 15 is 0 Å². The van der Waals surface area contributed by atoms with Gasteiger partial charge in [-0.2, -0.15) is 0 Å². The number of urea groups is 1. The molecule has 1 aromatic carbocycles. The molecule has 0 aliphatic carbocycles. The van der Waals surface area contributed by atoms with Crippen LogP contribution in [0.1, 0.15) is 0 Å². The van der Waals surface area contributed by atoms with Crippen molar-refractivity contribution in [3.63, 3.8) is 0 Å². The van der Waals surface area contributed by atoms with Gasteiger partial charge in [-0.15, -0.1) is 0 Å². The fourth-order valence-corrected chi connectivity index (χ4v) is 2.93. The van der Waals surface area contributed by atoms with Crippen molar-refractivity contribution in [1.82, 2.24) is 20.2 Å². The fourth-order valence-electron chi connectivity index (χ4n) is 2.93. The van der Waals surface area contributed by atoms with Gasteiger partial charge >= 0.3 is 6.03 Å². The van der Waals surface area contributed by atoms with Crippen LogP contribution in [0.15, 0.2) is 24.3 Å². The number of likely N-dealkylation sites (N-methyl/N-ethyl adjacent to an activating group) is 1. The number of halogens is 1. The van der Waals surface area contributed by atoms with Gasteiger partial charge in [0, 0.05) is 39.3 Å².